The van der Waals surface area contributed by atoms with Crippen LogP contribution in [0.15, 0.2) is 35.2 Å². The Hall–Kier alpha value is -1.69. The number of carbonyl (C=O) groups excluding carboxylic acids is 1. The average molecular weight is 324 g/mol. The summed E-state index contributed by atoms with van der Waals surface area (Å²) in [6.45, 7) is 7.43. The Bertz CT molecular complexity index is 500. The molecule has 1 aromatic carbocycles. The van der Waals surface area contributed by atoms with Crippen LogP contribution in [0.1, 0.15) is 27.7 Å². The van der Waals surface area contributed by atoms with Crippen LogP contribution >= 0.6 is 11.8 Å². The summed E-state index contributed by atoms with van der Waals surface area (Å²) in [7, 11) is 0. The molecular weight excluding hydrogens is 300 g/mol. The van der Waals surface area contributed by atoms with Gasteiger partial charge in [-0.2, -0.15) is 0 Å². The molecule has 0 aliphatic carbocycles. The van der Waals surface area contributed by atoms with Crippen molar-refractivity contribution in [3.8, 4) is 0 Å². The van der Waals surface area contributed by atoms with Gasteiger partial charge in [0, 0.05) is 22.7 Å². The van der Waals surface area contributed by atoms with E-state index >= 15 is 0 Å². The zero-order valence-electron chi connectivity index (χ0n) is 13.5. The maximum Gasteiger partial charge on any atom is 0.408 e. The minimum absolute atomic E-state index is 0.272. The second kappa shape index (κ2) is 8.08. The van der Waals surface area contributed by atoms with Crippen LogP contribution in [0.2, 0.25) is 0 Å². The van der Waals surface area contributed by atoms with Crippen molar-refractivity contribution < 1.29 is 14.7 Å². The number of rotatable bonds is 6. The highest BCUT2D eigenvalue weighted by Gasteiger charge is 2.34. The number of carboxylic acid groups (broad SMARTS) is 1. The van der Waals surface area contributed by atoms with Crippen molar-refractivity contribution in [3.63, 3.8) is 0 Å². The van der Waals surface area contributed by atoms with Gasteiger partial charge >= 0.3 is 6.09 Å². The molecule has 5 nitrogen and oxygen atoms in total. The third-order valence-electron chi connectivity index (χ3n) is 3.11. The van der Waals surface area contributed by atoms with Gasteiger partial charge in [-0.1, -0.05) is 18.2 Å². The Labute approximate surface area is 136 Å². The number of hydrogen-bond donors (Lipinski definition) is 2. The molecule has 0 unspecified atom stereocenters. The Morgan fingerprint density at radius 2 is 1.86 bits per heavy atom. The van der Waals surface area contributed by atoms with Crippen LogP contribution in [0.4, 0.5) is 4.79 Å². The van der Waals surface area contributed by atoms with Gasteiger partial charge in [0.05, 0.1) is 0 Å². The molecule has 1 aromatic rings. The maximum atomic E-state index is 12.1. The molecule has 0 radical (unpaired) electrons. The van der Waals surface area contributed by atoms with Crippen LogP contribution in [-0.2, 0) is 4.79 Å². The summed E-state index contributed by atoms with van der Waals surface area (Å²) >= 11 is 1.65. The molecule has 0 fully saturated rings. The number of amides is 2. The predicted molar refractivity (Wildman–Crippen MR) is 89.3 cm³/mol. The highest BCUT2D eigenvalue weighted by Crippen LogP contribution is 2.18. The van der Waals surface area contributed by atoms with E-state index < -0.39 is 17.7 Å². The van der Waals surface area contributed by atoms with Crippen molar-refractivity contribution in [1.82, 2.24) is 10.2 Å². The lowest BCUT2D eigenvalue weighted by Crippen LogP contribution is -2.55. The Balaban J connectivity index is 2.45. The van der Waals surface area contributed by atoms with Gasteiger partial charge in [-0.3, -0.25) is 9.69 Å². The summed E-state index contributed by atoms with van der Waals surface area (Å²) in [5.74, 6) is 0.469. The van der Waals surface area contributed by atoms with Gasteiger partial charge in [0.1, 0.15) is 6.04 Å². The molecule has 1 rings (SSSR count). The molecule has 2 amide bonds. The first kappa shape index (κ1) is 18.4. The smallest absolute Gasteiger partial charge is 0.408 e. The van der Waals surface area contributed by atoms with Crippen molar-refractivity contribution in [3.05, 3.63) is 30.3 Å². The maximum absolute atomic E-state index is 12.1. The SMILES string of the molecule is C[C@H](C(=O)NCCSc1ccccc1)N(C(=O)O)C(C)(C)C. The van der Waals surface area contributed by atoms with Crippen LogP contribution in [0.25, 0.3) is 0 Å². The topological polar surface area (TPSA) is 69.6 Å². The second-order valence-electron chi connectivity index (χ2n) is 5.95. The molecular formula is C16H24N2O3S. The van der Waals surface area contributed by atoms with Gasteiger partial charge in [-0.25, -0.2) is 4.79 Å². The van der Waals surface area contributed by atoms with Crippen molar-refractivity contribution in [2.75, 3.05) is 12.3 Å². The number of nitrogens with one attached hydrogen (secondary N) is 1. The van der Waals surface area contributed by atoms with E-state index in [2.05, 4.69) is 5.32 Å². The zero-order valence-corrected chi connectivity index (χ0v) is 14.3. The molecule has 0 aromatic heterocycles. The van der Waals surface area contributed by atoms with Gasteiger partial charge in [0.2, 0.25) is 5.91 Å². The lowest BCUT2D eigenvalue weighted by molar-refractivity contribution is -0.126. The molecule has 0 aliphatic rings. The first-order valence-electron chi connectivity index (χ1n) is 7.21. The van der Waals surface area contributed by atoms with Crippen LogP contribution in [0.3, 0.4) is 0 Å². The summed E-state index contributed by atoms with van der Waals surface area (Å²) in [5.41, 5.74) is -0.624. The van der Waals surface area contributed by atoms with E-state index in [-0.39, 0.29) is 5.91 Å². The van der Waals surface area contributed by atoms with Crippen molar-refractivity contribution in [2.45, 2.75) is 44.2 Å². The van der Waals surface area contributed by atoms with Crippen molar-refractivity contribution in [2.24, 2.45) is 0 Å². The van der Waals surface area contributed by atoms with Gasteiger partial charge < -0.3 is 10.4 Å². The molecule has 122 valence electrons. The highest BCUT2D eigenvalue weighted by atomic mass is 32.2. The second-order valence-corrected chi connectivity index (χ2v) is 7.12. The number of carbonyl (C=O) groups is 2. The molecule has 0 bridgehead atoms. The summed E-state index contributed by atoms with van der Waals surface area (Å²) < 4.78 is 0. The fourth-order valence-corrected chi connectivity index (χ4v) is 2.95. The normalized spacial score (nSPS) is 12.5. The molecule has 6 heteroatoms. The van der Waals surface area contributed by atoms with Gasteiger partial charge in [0.15, 0.2) is 0 Å². The molecule has 0 saturated carbocycles. The molecule has 0 heterocycles. The number of benzene rings is 1. The number of hydrogen-bond acceptors (Lipinski definition) is 3. The molecule has 0 aliphatic heterocycles. The minimum atomic E-state index is -1.09. The average Bonchev–Trinajstić information content (AvgIpc) is 2.42. The molecule has 0 spiro atoms. The van der Waals surface area contributed by atoms with Gasteiger partial charge in [0.25, 0.3) is 0 Å². The fraction of sp³-hybridized carbons (Fsp3) is 0.500. The van der Waals surface area contributed by atoms with E-state index in [1.54, 1.807) is 39.5 Å². The van der Waals surface area contributed by atoms with E-state index in [0.29, 0.717) is 6.54 Å². The van der Waals surface area contributed by atoms with Crippen LogP contribution < -0.4 is 5.32 Å². The van der Waals surface area contributed by atoms with E-state index in [0.717, 1.165) is 10.6 Å². The number of nitrogens with zero attached hydrogens (tertiary/aromatic N) is 1. The molecule has 22 heavy (non-hydrogen) atoms. The van der Waals surface area contributed by atoms with E-state index in [1.807, 2.05) is 30.3 Å². The van der Waals surface area contributed by atoms with Crippen LogP contribution in [0.5, 0.6) is 0 Å². The lowest BCUT2D eigenvalue weighted by atomic mass is 10.0. The molecule has 0 saturated heterocycles. The third kappa shape index (κ3) is 5.60. The first-order chi connectivity index (χ1) is 10.2. The summed E-state index contributed by atoms with van der Waals surface area (Å²) in [6, 6.07) is 9.20. The van der Waals surface area contributed by atoms with Crippen LogP contribution in [-0.4, -0.2) is 45.9 Å². The lowest BCUT2D eigenvalue weighted by Gasteiger charge is -2.37. The highest BCUT2D eigenvalue weighted by molar-refractivity contribution is 7.99. The predicted octanol–water partition coefficient (Wildman–Crippen LogP) is 3.06. The van der Waals surface area contributed by atoms with Crippen molar-refractivity contribution >= 4 is 23.8 Å². The van der Waals surface area contributed by atoms with E-state index in [9.17, 15) is 14.7 Å². The standard InChI is InChI=1S/C16H24N2O3S/c1-12(18(15(20)21)16(2,3)4)14(19)17-10-11-22-13-8-6-5-7-9-13/h5-9,12H,10-11H2,1-4H3,(H,17,19)(H,20,21)/t12-/m1/s1. The first-order valence-corrected chi connectivity index (χ1v) is 8.20. The Kier molecular flexibility index (Phi) is 6.74. The quantitative estimate of drug-likeness (QED) is 0.623. The summed E-state index contributed by atoms with van der Waals surface area (Å²) in [5, 5.41) is 12.1. The Morgan fingerprint density at radius 3 is 2.36 bits per heavy atom. The van der Waals surface area contributed by atoms with Crippen molar-refractivity contribution in [1.29, 1.82) is 0 Å². The van der Waals surface area contributed by atoms with Crippen LogP contribution in [0, 0.1) is 0 Å². The molecule has 1 atom stereocenters. The van der Waals surface area contributed by atoms with Gasteiger partial charge in [-0.05, 0) is 39.8 Å². The van der Waals surface area contributed by atoms with Gasteiger partial charge in [-0.15, -0.1) is 11.8 Å². The Morgan fingerprint density at radius 1 is 1.27 bits per heavy atom. The fourth-order valence-electron chi connectivity index (χ4n) is 2.16. The zero-order chi connectivity index (χ0) is 16.8. The monoisotopic (exact) mass is 324 g/mol. The summed E-state index contributed by atoms with van der Waals surface area (Å²) in [4.78, 5) is 25.8. The third-order valence-corrected chi connectivity index (χ3v) is 4.12. The molecule has 2 N–H and O–H groups in total. The van der Waals surface area contributed by atoms with E-state index in [4.69, 9.17) is 0 Å². The van der Waals surface area contributed by atoms with E-state index in [1.165, 1.54) is 4.90 Å². The summed E-state index contributed by atoms with van der Waals surface area (Å²) in [6.07, 6.45) is -1.09. The number of thioether (sulfide) groups is 1. The largest absolute Gasteiger partial charge is 0.465 e. The minimum Gasteiger partial charge on any atom is -0.465 e.